The fraction of sp³-hybridized carbons (Fsp3) is 1.00. The molecule has 0 nitrogen and oxygen atoms in total. The Morgan fingerprint density at radius 3 is 2.17 bits per heavy atom. The monoisotopic (exact) mass is 157 g/mol. The highest BCUT2D eigenvalue weighted by molar-refractivity contribution is 8.07. The van der Waals surface area contributed by atoms with Crippen molar-refractivity contribution in [1.82, 2.24) is 0 Å². The van der Waals surface area contributed by atoms with Crippen molar-refractivity contribution in [3.8, 4) is 0 Å². The van der Waals surface area contributed by atoms with Crippen LogP contribution in [0.2, 0.25) is 6.82 Å². The van der Waals surface area contributed by atoms with Gasteiger partial charge in [-0.1, -0.05) is 0 Å². The molecule has 0 aromatic carbocycles. The fourth-order valence-electron chi connectivity index (χ4n) is 0.517. The molecule has 1 unspecified atom stereocenters. The molecular formula is CH4B10P. The predicted molar refractivity (Wildman–Crippen MR) is 71.7 cm³/mol. The van der Waals surface area contributed by atoms with Gasteiger partial charge in [-0.15, -0.1) is 6.82 Å². The molecule has 0 spiro atoms. The zero-order valence-corrected chi connectivity index (χ0v) is 8.27. The Morgan fingerprint density at radius 2 is 1.58 bits per heavy atom. The SMILES string of the molecule is [B][B][B][B][B]P[B][B][B][B][B]C. The van der Waals surface area contributed by atoms with E-state index in [0.717, 1.165) is 8.34 Å². The summed E-state index contributed by atoms with van der Waals surface area (Å²) in [5, 5.41) is 0. The van der Waals surface area contributed by atoms with Crippen molar-refractivity contribution in [2.24, 2.45) is 0 Å². The number of hydrogen-bond donors (Lipinski definition) is 0. The molecule has 0 amide bonds. The van der Waals surface area contributed by atoms with E-state index in [1.54, 1.807) is 0 Å². The van der Waals surface area contributed by atoms with Gasteiger partial charge in [0, 0.05) is 50.1 Å². The van der Waals surface area contributed by atoms with Gasteiger partial charge in [0.15, 0.2) is 0 Å². The minimum atomic E-state index is 0.720. The largest absolute Gasteiger partial charge is 0.220 e. The Kier molecular flexibility index (Phi) is 13.2. The van der Waals surface area contributed by atoms with Gasteiger partial charge in [-0.25, -0.2) is 8.34 Å². The molecule has 0 rings (SSSR count). The van der Waals surface area contributed by atoms with Crippen molar-refractivity contribution in [1.29, 1.82) is 0 Å². The molecule has 1 atom stereocenters. The molecule has 0 fully saturated rings. The van der Waals surface area contributed by atoms with Crippen molar-refractivity contribution < 1.29 is 0 Å². The first kappa shape index (κ1) is 13.1. The van der Waals surface area contributed by atoms with Crippen LogP contribution in [0.4, 0.5) is 0 Å². The number of rotatable bonds is 9. The van der Waals surface area contributed by atoms with Crippen LogP contribution in [-0.4, -0.2) is 71.1 Å². The first-order valence-corrected chi connectivity index (χ1v) is 4.98. The minimum absolute atomic E-state index is 0.720. The highest BCUT2D eigenvalue weighted by atomic mass is 31.1. The van der Waals surface area contributed by atoms with Crippen LogP contribution in [0.1, 0.15) is 0 Å². The highest BCUT2D eigenvalue weighted by Crippen LogP contribution is 1.98. The summed E-state index contributed by atoms with van der Waals surface area (Å²) in [6.07, 6.45) is 0. The zero-order chi connectivity index (χ0) is 9.07. The molecule has 0 aromatic heterocycles. The van der Waals surface area contributed by atoms with Crippen LogP contribution < -0.4 is 0 Å². The first-order valence-electron chi connectivity index (χ1n) is 3.82. The van der Waals surface area contributed by atoms with Crippen LogP contribution in [-0.2, 0) is 0 Å². The average molecular weight is 155 g/mol. The third-order valence-corrected chi connectivity index (χ3v) is 1.79. The molecule has 0 saturated carbocycles. The van der Waals surface area contributed by atoms with Gasteiger partial charge in [-0.3, -0.25) is 0 Å². The Bertz CT molecular complexity index is 66.2. The lowest BCUT2D eigenvalue weighted by atomic mass is 9.04. The second kappa shape index (κ2) is 12.1. The van der Waals surface area contributed by atoms with Gasteiger partial charge in [0.2, 0.25) is 0 Å². The first-order chi connectivity index (χ1) is 5.91. The van der Waals surface area contributed by atoms with Crippen LogP contribution in [0.3, 0.4) is 0 Å². The molecular weight excluding hydrogens is 151 g/mol. The Morgan fingerprint density at radius 1 is 0.917 bits per heavy atom. The maximum Gasteiger partial charge on any atom is 0.0740 e. The lowest BCUT2D eigenvalue weighted by molar-refractivity contribution is 2.37. The van der Waals surface area contributed by atoms with E-state index in [1.165, 1.54) is 7.06 Å². The van der Waals surface area contributed by atoms with Crippen LogP contribution >= 0.6 is 8.34 Å². The summed E-state index contributed by atoms with van der Waals surface area (Å²) in [7, 11) is 19.2. The second-order valence-electron chi connectivity index (χ2n) is 1.99. The van der Waals surface area contributed by atoms with Crippen molar-refractivity contribution in [3.63, 3.8) is 0 Å². The van der Waals surface area contributed by atoms with Gasteiger partial charge in [-0.2, -0.15) is 0 Å². The lowest BCUT2D eigenvalue weighted by Gasteiger charge is -1.95. The Labute approximate surface area is 86.5 Å². The quantitative estimate of drug-likeness (QED) is 0.194. The topological polar surface area (TPSA) is 0 Å². The molecule has 0 bridgehead atoms. The standard InChI is InChI=1S/CH4B10P/c1-3-5-7-9-11-12-10-8-6-4-2/h12H,1H3. The summed E-state index contributed by atoms with van der Waals surface area (Å²) in [6.45, 7) is 6.18. The van der Waals surface area contributed by atoms with E-state index < -0.39 is 0 Å². The van der Waals surface area contributed by atoms with E-state index >= 15 is 0 Å². The summed E-state index contributed by atoms with van der Waals surface area (Å²) in [5.41, 5.74) is 0. The maximum atomic E-state index is 5.15. The molecule has 11 heteroatoms. The lowest BCUT2D eigenvalue weighted by Crippen LogP contribution is -2.22. The predicted octanol–water partition coefficient (Wildman–Crippen LogP) is -2.63. The molecule has 0 saturated heterocycles. The summed E-state index contributed by atoms with van der Waals surface area (Å²) >= 11 is 0. The molecule has 0 aliphatic heterocycles. The number of hydrogen-bond acceptors (Lipinski definition) is 0. The average Bonchev–Trinajstić information content (AvgIpc) is 2.10. The fourth-order valence-corrected chi connectivity index (χ4v) is 1.07. The van der Waals surface area contributed by atoms with Crippen LogP contribution in [0.25, 0.3) is 0 Å². The summed E-state index contributed by atoms with van der Waals surface area (Å²) in [6, 6.07) is 0. The molecule has 0 N–H and O–H groups in total. The van der Waals surface area contributed by atoms with Crippen LogP contribution in [0, 0.1) is 0 Å². The van der Waals surface area contributed by atoms with E-state index in [-0.39, 0.29) is 0 Å². The smallest absolute Gasteiger partial charge is 0.0740 e. The Balaban J connectivity index is 2.73. The molecule has 0 aliphatic carbocycles. The minimum Gasteiger partial charge on any atom is -0.220 e. The van der Waals surface area contributed by atoms with Gasteiger partial charge in [0.1, 0.15) is 0 Å². The zero-order valence-electron chi connectivity index (χ0n) is 7.27. The molecule has 0 aliphatic rings. The highest BCUT2D eigenvalue weighted by Gasteiger charge is 1.95. The summed E-state index contributed by atoms with van der Waals surface area (Å²) in [5.74, 6) is 0. The van der Waals surface area contributed by atoms with Gasteiger partial charge >= 0.3 is 0 Å². The maximum absolute atomic E-state index is 5.15. The molecule has 0 heterocycles. The molecule has 0 aromatic rings. The van der Waals surface area contributed by atoms with Crippen LogP contribution in [0.15, 0.2) is 0 Å². The third kappa shape index (κ3) is 11.1. The molecule has 12 heavy (non-hydrogen) atoms. The normalized spacial score (nSPS) is 8.42. The van der Waals surface area contributed by atoms with Gasteiger partial charge < -0.3 is 0 Å². The van der Waals surface area contributed by atoms with E-state index in [9.17, 15) is 0 Å². The van der Waals surface area contributed by atoms with Crippen molar-refractivity contribution in [2.45, 2.75) is 6.82 Å². The van der Waals surface area contributed by atoms with Gasteiger partial charge in [-0.05, 0) is 0 Å². The van der Waals surface area contributed by atoms with Crippen LogP contribution in [0.5, 0.6) is 0 Å². The molecule has 43 valence electrons. The van der Waals surface area contributed by atoms with Crippen molar-refractivity contribution >= 4 is 79.4 Å². The summed E-state index contributed by atoms with van der Waals surface area (Å²) in [4.78, 5) is 0. The Hall–Kier alpha value is 1.08. The van der Waals surface area contributed by atoms with E-state index in [1.807, 2.05) is 49.3 Å². The van der Waals surface area contributed by atoms with E-state index in [0.29, 0.717) is 0 Å². The van der Waals surface area contributed by atoms with Crippen molar-refractivity contribution in [3.05, 3.63) is 0 Å². The molecule has 11 radical (unpaired) electrons. The van der Waals surface area contributed by atoms with E-state index in [2.05, 4.69) is 13.8 Å². The van der Waals surface area contributed by atoms with Crippen molar-refractivity contribution in [2.75, 3.05) is 0 Å². The summed E-state index contributed by atoms with van der Waals surface area (Å²) < 4.78 is 0. The van der Waals surface area contributed by atoms with Gasteiger partial charge in [0.25, 0.3) is 0 Å². The van der Waals surface area contributed by atoms with E-state index in [4.69, 9.17) is 7.74 Å². The van der Waals surface area contributed by atoms with Gasteiger partial charge in [0.05, 0.1) is 20.9 Å². The third-order valence-electron chi connectivity index (χ3n) is 1.02. The second-order valence-corrected chi connectivity index (χ2v) is 2.99.